The molecule has 2 N–H and O–H groups in total. The molecule has 0 bridgehead atoms. The second-order valence-electron chi connectivity index (χ2n) is 5.74. The van der Waals surface area contributed by atoms with Crippen LogP contribution in [0.4, 0.5) is 5.69 Å². The van der Waals surface area contributed by atoms with Gasteiger partial charge < -0.3 is 10.6 Å². The summed E-state index contributed by atoms with van der Waals surface area (Å²) in [5.74, 6) is -0.419. The van der Waals surface area contributed by atoms with Crippen LogP contribution in [0, 0.1) is 25.2 Å². The van der Waals surface area contributed by atoms with E-state index < -0.39 is 5.91 Å². The van der Waals surface area contributed by atoms with Crippen LogP contribution in [-0.2, 0) is 4.79 Å². The molecule has 4 heteroatoms. The van der Waals surface area contributed by atoms with Gasteiger partial charge in [0.25, 0.3) is 5.91 Å². The Bertz CT molecular complexity index is 788. The molecule has 24 heavy (non-hydrogen) atoms. The van der Waals surface area contributed by atoms with Crippen LogP contribution in [0.25, 0.3) is 0 Å². The third-order valence-corrected chi connectivity index (χ3v) is 3.77. The maximum Gasteiger partial charge on any atom is 0.267 e. The third-order valence-electron chi connectivity index (χ3n) is 3.77. The van der Waals surface area contributed by atoms with E-state index in [2.05, 4.69) is 10.6 Å². The highest BCUT2D eigenvalue weighted by atomic mass is 16.1. The first-order valence-corrected chi connectivity index (χ1v) is 7.81. The lowest BCUT2D eigenvalue weighted by Crippen LogP contribution is -2.19. The van der Waals surface area contributed by atoms with E-state index in [-0.39, 0.29) is 11.6 Å². The number of nitriles is 1. The second kappa shape index (κ2) is 7.98. The number of benzene rings is 2. The van der Waals surface area contributed by atoms with Gasteiger partial charge in [-0.1, -0.05) is 48.0 Å². The summed E-state index contributed by atoms with van der Waals surface area (Å²) in [5.41, 5.74) is 3.92. The van der Waals surface area contributed by atoms with Crippen molar-refractivity contribution < 1.29 is 4.79 Å². The van der Waals surface area contributed by atoms with Gasteiger partial charge in [0.1, 0.15) is 11.6 Å². The number of hydrogen-bond donors (Lipinski definition) is 2. The molecule has 0 saturated heterocycles. The van der Waals surface area contributed by atoms with Crippen molar-refractivity contribution >= 4 is 11.6 Å². The van der Waals surface area contributed by atoms with E-state index in [1.165, 1.54) is 6.20 Å². The molecule has 0 fully saturated rings. The quantitative estimate of drug-likeness (QED) is 0.646. The number of rotatable bonds is 5. The summed E-state index contributed by atoms with van der Waals surface area (Å²) < 4.78 is 0. The number of amides is 1. The molecule has 0 aliphatic heterocycles. The fraction of sp³-hybridized carbons (Fsp3) is 0.200. The molecule has 0 aromatic heterocycles. The van der Waals surface area contributed by atoms with Gasteiger partial charge in [-0.15, -0.1) is 0 Å². The van der Waals surface area contributed by atoms with Crippen molar-refractivity contribution in [2.45, 2.75) is 26.8 Å². The molecular formula is C20H21N3O. The van der Waals surface area contributed by atoms with Crippen molar-refractivity contribution in [2.24, 2.45) is 0 Å². The Kier molecular flexibility index (Phi) is 5.75. The monoisotopic (exact) mass is 319 g/mol. The van der Waals surface area contributed by atoms with Crippen molar-refractivity contribution in [1.82, 2.24) is 5.32 Å². The van der Waals surface area contributed by atoms with Gasteiger partial charge in [0.05, 0.1) is 0 Å². The lowest BCUT2D eigenvalue weighted by Gasteiger charge is -2.13. The molecule has 0 saturated carbocycles. The summed E-state index contributed by atoms with van der Waals surface area (Å²) in [6.07, 6.45) is 1.47. The maximum atomic E-state index is 12.3. The fourth-order valence-corrected chi connectivity index (χ4v) is 2.34. The molecule has 0 radical (unpaired) electrons. The van der Waals surface area contributed by atoms with Gasteiger partial charge in [0, 0.05) is 17.9 Å². The van der Waals surface area contributed by atoms with E-state index in [0.29, 0.717) is 5.69 Å². The summed E-state index contributed by atoms with van der Waals surface area (Å²) in [4.78, 5) is 12.3. The van der Waals surface area contributed by atoms with Crippen LogP contribution in [0.3, 0.4) is 0 Å². The first-order valence-electron chi connectivity index (χ1n) is 7.81. The average Bonchev–Trinajstić information content (AvgIpc) is 2.58. The maximum absolute atomic E-state index is 12.3. The van der Waals surface area contributed by atoms with Crippen molar-refractivity contribution in [2.75, 3.05) is 5.32 Å². The zero-order valence-electron chi connectivity index (χ0n) is 14.1. The normalized spacial score (nSPS) is 12.2. The summed E-state index contributed by atoms with van der Waals surface area (Å²) in [7, 11) is 0. The first-order chi connectivity index (χ1) is 11.5. The van der Waals surface area contributed by atoms with Crippen LogP contribution in [-0.4, -0.2) is 5.91 Å². The van der Waals surface area contributed by atoms with Crippen LogP contribution in [0.5, 0.6) is 0 Å². The van der Waals surface area contributed by atoms with Gasteiger partial charge in [-0.3, -0.25) is 4.79 Å². The Balaban J connectivity index is 2.07. The zero-order valence-corrected chi connectivity index (χ0v) is 14.1. The van der Waals surface area contributed by atoms with Gasteiger partial charge in [-0.2, -0.15) is 5.26 Å². The summed E-state index contributed by atoms with van der Waals surface area (Å²) in [6.45, 7) is 5.89. The van der Waals surface area contributed by atoms with Gasteiger partial charge in [0.2, 0.25) is 0 Å². The summed E-state index contributed by atoms with van der Waals surface area (Å²) >= 11 is 0. The van der Waals surface area contributed by atoms with Gasteiger partial charge in [0.15, 0.2) is 0 Å². The molecule has 2 aromatic carbocycles. The van der Waals surface area contributed by atoms with Crippen LogP contribution >= 0.6 is 0 Å². The highest BCUT2D eigenvalue weighted by molar-refractivity contribution is 6.06. The van der Waals surface area contributed by atoms with Crippen molar-refractivity contribution in [3.63, 3.8) is 0 Å². The number of hydrogen-bond acceptors (Lipinski definition) is 3. The van der Waals surface area contributed by atoms with E-state index in [4.69, 9.17) is 0 Å². The second-order valence-corrected chi connectivity index (χ2v) is 5.74. The van der Waals surface area contributed by atoms with Crippen molar-refractivity contribution in [3.05, 3.63) is 77.0 Å². The Morgan fingerprint density at radius 3 is 2.50 bits per heavy atom. The molecule has 1 atom stereocenters. The number of carbonyl (C=O) groups is 1. The number of nitrogens with one attached hydrogen (secondary N) is 2. The Labute approximate surface area is 142 Å². The van der Waals surface area contributed by atoms with Gasteiger partial charge >= 0.3 is 0 Å². The van der Waals surface area contributed by atoms with E-state index in [9.17, 15) is 10.1 Å². The van der Waals surface area contributed by atoms with Crippen molar-refractivity contribution in [1.29, 1.82) is 5.26 Å². The third kappa shape index (κ3) is 4.47. The smallest absolute Gasteiger partial charge is 0.267 e. The Morgan fingerprint density at radius 2 is 1.88 bits per heavy atom. The lowest BCUT2D eigenvalue weighted by molar-refractivity contribution is -0.112. The van der Waals surface area contributed by atoms with E-state index in [1.54, 1.807) is 0 Å². The van der Waals surface area contributed by atoms with E-state index >= 15 is 0 Å². The predicted octanol–water partition coefficient (Wildman–Crippen LogP) is 4.00. The molecule has 1 unspecified atom stereocenters. The number of anilines is 1. The highest BCUT2D eigenvalue weighted by Gasteiger charge is 2.11. The van der Waals surface area contributed by atoms with Crippen LogP contribution < -0.4 is 10.6 Å². The SMILES string of the molecule is Cc1ccc(NC(=O)/C(C#N)=C\NC(C)c2ccccc2)c(C)c1. The van der Waals surface area contributed by atoms with Crippen molar-refractivity contribution in [3.8, 4) is 6.07 Å². The standard InChI is InChI=1S/C20H21N3O/c1-14-9-10-19(15(2)11-14)23-20(24)18(12-21)13-22-16(3)17-7-5-4-6-8-17/h4-11,13,16,22H,1-3H3,(H,23,24)/b18-13-. The molecular weight excluding hydrogens is 298 g/mol. The van der Waals surface area contributed by atoms with Gasteiger partial charge in [-0.05, 0) is 38.0 Å². The van der Waals surface area contributed by atoms with E-state index in [0.717, 1.165) is 16.7 Å². The predicted molar refractivity (Wildman–Crippen MR) is 96.2 cm³/mol. The minimum Gasteiger partial charge on any atom is -0.383 e. The number of aryl methyl sites for hydroxylation is 2. The summed E-state index contributed by atoms with van der Waals surface area (Å²) in [5, 5.41) is 15.1. The molecule has 0 aliphatic rings. The number of carbonyl (C=O) groups excluding carboxylic acids is 1. The molecule has 0 aliphatic carbocycles. The largest absolute Gasteiger partial charge is 0.383 e. The summed E-state index contributed by atoms with van der Waals surface area (Å²) in [6, 6.07) is 17.5. The Morgan fingerprint density at radius 1 is 1.17 bits per heavy atom. The molecule has 1 amide bonds. The molecule has 4 nitrogen and oxygen atoms in total. The highest BCUT2D eigenvalue weighted by Crippen LogP contribution is 2.17. The van der Waals surface area contributed by atoms with Gasteiger partial charge in [-0.25, -0.2) is 0 Å². The minimum atomic E-state index is -0.419. The molecule has 0 heterocycles. The van der Waals surface area contributed by atoms with Crippen LogP contribution in [0.1, 0.15) is 29.7 Å². The van der Waals surface area contributed by atoms with Crippen LogP contribution in [0.15, 0.2) is 60.3 Å². The Hall–Kier alpha value is -3.06. The molecule has 0 spiro atoms. The molecule has 2 rings (SSSR count). The topological polar surface area (TPSA) is 64.9 Å². The first kappa shape index (κ1) is 17.3. The lowest BCUT2D eigenvalue weighted by atomic mass is 10.1. The molecule has 122 valence electrons. The average molecular weight is 319 g/mol. The fourth-order valence-electron chi connectivity index (χ4n) is 2.34. The number of nitrogens with zero attached hydrogens (tertiary/aromatic N) is 1. The molecule has 2 aromatic rings. The van der Waals surface area contributed by atoms with E-state index in [1.807, 2.05) is 75.4 Å². The minimum absolute atomic E-state index is 0.00320. The van der Waals surface area contributed by atoms with Crippen LogP contribution in [0.2, 0.25) is 0 Å². The zero-order chi connectivity index (χ0) is 17.5.